The van der Waals surface area contributed by atoms with Crippen LogP contribution in [0.2, 0.25) is 0 Å². The van der Waals surface area contributed by atoms with Crippen molar-refractivity contribution in [1.82, 2.24) is 0 Å². The quantitative estimate of drug-likeness (QED) is 0.173. The minimum Gasteiger partial charge on any atom is -0.504 e. The van der Waals surface area contributed by atoms with Crippen LogP contribution in [-0.2, 0) is 4.74 Å². The van der Waals surface area contributed by atoms with Crippen molar-refractivity contribution in [2.24, 2.45) is 0 Å². The van der Waals surface area contributed by atoms with E-state index in [2.05, 4.69) is 0 Å². The molecule has 11 nitrogen and oxygen atoms in total. The van der Waals surface area contributed by atoms with Crippen molar-refractivity contribution in [1.29, 1.82) is 0 Å². The Bertz CT molecular complexity index is 1050. The molecule has 0 bridgehead atoms. The van der Waals surface area contributed by atoms with Gasteiger partial charge in [0.25, 0.3) is 0 Å². The number of hydrogen-bond donors (Lipinski definition) is 6. The number of aliphatic hydroxyl groups is 4. The van der Waals surface area contributed by atoms with Gasteiger partial charge < -0.3 is 49.6 Å². The monoisotopic (exact) mass is 478 g/mol. The number of benzene rings is 2. The molecule has 5 atom stereocenters. The van der Waals surface area contributed by atoms with Crippen molar-refractivity contribution < 1.29 is 54.4 Å². The molecule has 1 aliphatic heterocycles. The summed E-state index contributed by atoms with van der Waals surface area (Å²) in [5.41, 5.74) is 0.396. The van der Waals surface area contributed by atoms with Gasteiger partial charge >= 0.3 is 0 Å². The highest BCUT2D eigenvalue weighted by Gasteiger charge is 2.45. The lowest BCUT2D eigenvalue weighted by Gasteiger charge is -2.39. The van der Waals surface area contributed by atoms with Gasteiger partial charge in [0, 0.05) is 0 Å². The van der Waals surface area contributed by atoms with Gasteiger partial charge in [-0.25, -0.2) is 0 Å². The normalized spacial score (nSPS) is 24.7. The van der Waals surface area contributed by atoms with E-state index < -0.39 is 54.6 Å². The van der Waals surface area contributed by atoms with E-state index >= 15 is 0 Å². The Morgan fingerprint density at radius 1 is 0.941 bits per heavy atom. The molecule has 1 aliphatic rings. The molecule has 1 fully saturated rings. The predicted octanol–water partition coefficient (Wildman–Crippen LogP) is 0.190. The van der Waals surface area contributed by atoms with Crippen LogP contribution >= 0.6 is 0 Å². The summed E-state index contributed by atoms with van der Waals surface area (Å²) in [5.74, 6) is -1.58. The van der Waals surface area contributed by atoms with Gasteiger partial charge in [-0.3, -0.25) is 4.79 Å². The van der Waals surface area contributed by atoms with Gasteiger partial charge in [0.15, 0.2) is 28.8 Å². The molecule has 0 saturated carbocycles. The van der Waals surface area contributed by atoms with E-state index in [0.29, 0.717) is 17.1 Å². The number of ketones is 1. The van der Waals surface area contributed by atoms with Gasteiger partial charge in [-0.15, -0.1) is 0 Å². The summed E-state index contributed by atoms with van der Waals surface area (Å²) in [6.45, 7) is -0.665. The van der Waals surface area contributed by atoms with Crippen molar-refractivity contribution in [3.05, 3.63) is 47.5 Å². The van der Waals surface area contributed by atoms with Crippen LogP contribution < -0.4 is 14.2 Å². The molecule has 0 aromatic heterocycles. The number of aliphatic hydroxyl groups excluding tert-OH is 4. The molecular weight excluding hydrogens is 452 g/mol. The zero-order chi connectivity index (χ0) is 25.0. The molecule has 0 radical (unpaired) electrons. The number of allylic oxidation sites excluding steroid dienone is 1. The number of methoxy groups -OCH3 is 2. The molecule has 1 heterocycles. The van der Waals surface area contributed by atoms with Crippen molar-refractivity contribution >= 4 is 11.9 Å². The number of aromatic hydroxyl groups is 2. The number of phenolic OH excluding ortho intramolecular Hbond substituents is 2. The second kappa shape index (κ2) is 10.7. The van der Waals surface area contributed by atoms with Gasteiger partial charge in [0.05, 0.1) is 26.4 Å². The van der Waals surface area contributed by atoms with Crippen LogP contribution in [-0.4, -0.2) is 88.0 Å². The summed E-state index contributed by atoms with van der Waals surface area (Å²) in [4.78, 5) is 12.6. The Balaban J connectivity index is 1.77. The summed E-state index contributed by atoms with van der Waals surface area (Å²) in [6.07, 6.45) is -5.11. The predicted molar refractivity (Wildman–Crippen MR) is 117 cm³/mol. The Labute approximate surface area is 194 Å². The highest BCUT2D eigenvalue weighted by molar-refractivity contribution is 6.09. The van der Waals surface area contributed by atoms with E-state index in [-0.39, 0.29) is 11.3 Å². The number of carbonyl (C=O) groups is 1. The Kier molecular flexibility index (Phi) is 7.97. The fourth-order valence-electron chi connectivity index (χ4n) is 3.36. The molecule has 2 aromatic rings. The topological polar surface area (TPSA) is 175 Å². The minimum atomic E-state index is -1.72. The highest BCUT2D eigenvalue weighted by atomic mass is 16.7. The Morgan fingerprint density at radius 3 is 2.26 bits per heavy atom. The van der Waals surface area contributed by atoms with Crippen LogP contribution in [0.15, 0.2) is 36.4 Å². The standard InChI is InChI=1S/C23H26O11/c1-31-14-7-4-11(9-16(14)32-2)3-6-13(25)12-5-8-15(19(27)18(12)26)33-23-22(30)21(29)20(28)17(10-24)34-23/h3-9,17,20-24,26-30H,10H2,1-2H3/t17-,20-,21-,22+,23+/m1/s1. The largest absolute Gasteiger partial charge is 0.504 e. The lowest BCUT2D eigenvalue weighted by Crippen LogP contribution is -2.60. The fourth-order valence-corrected chi connectivity index (χ4v) is 3.36. The van der Waals surface area contributed by atoms with Crippen LogP contribution in [0.5, 0.6) is 28.7 Å². The van der Waals surface area contributed by atoms with Crippen LogP contribution in [0, 0.1) is 0 Å². The molecule has 2 aromatic carbocycles. The highest BCUT2D eigenvalue weighted by Crippen LogP contribution is 2.40. The summed E-state index contributed by atoms with van der Waals surface area (Å²) < 4.78 is 20.9. The molecule has 34 heavy (non-hydrogen) atoms. The Hall–Kier alpha value is -3.35. The molecule has 1 saturated heterocycles. The number of ether oxygens (including phenoxy) is 4. The summed E-state index contributed by atoms with van der Waals surface area (Å²) in [6, 6.07) is 7.36. The van der Waals surface area contributed by atoms with Crippen molar-refractivity contribution in [3.63, 3.8) is 0 Å². The zero-order valence-corrected chi connectivity index (χ0v) is 18.4. The number of rotatable bonds is 8. The SMILES string of the molecule is COc1ccc(C=CC(=O)c2ccc(O[C@H]3O[C@H](CO)[C@@H](O)[C@@H](O)[C@@H]3O)c(O)c2O)cc1OC. The van der Waals surface area contributed by atoms with Crippen LogP contribution in [0.3, 0.4) is 0 Å². The van der Waals surface area contributed by atoms with Gasteiger partial charge in [0.1, 0.15) is 24.4 Å². The molecule has 0 spiro atoms. The van der Waals surface area contributed by atoms with E-state index in [9.17, 15) is 35.4 Å². The third-order valence-electron chi connectivity index (χ3n) is 5.31. The van der Waals surface area contributed by atoms with Gasteiger partial charge in [-0.05, 0) is 35.9 Å². The first-order valence-electron chi connectivity index (χ1n) is 10.2. The molecule has 3 rings (SSSR count). The number of carbonyl (C=O) groups excluding carboxylic acids is 1. The van der Waals surface area contributed by atoms with Crippen molar-refractivity contribution in [2.75, 3.05) is 20.8 Å². The maximum atomic E-state index is 12.6. The van der Waals surface area contributed by atoms with Crippen molar-refractivity contribution in [2.45, 2.75) is 30.7 Å². The number of phenols is 2. The van der Waals surface area contributed by atoms with E-state index in [4.69, 9.17) is 18.9 Å². The van der Waals surface area contributed by atoms with E-state index in [1.165, 1.54) is 32.4 Å². The fraction of sp³-hybridized carbons (Fsp3) is 0.348. The minimum absolute atomic E-state index is 0.227. The van der Waals surface area contributed by atoms with E-state index in [1.54, 1.807) is 18.2 Å². The molecule has 184 valence electrons. The first-order chi connectivity index (χ1) is 16.2. The molecular formula is C23H26O11. The third-order valence-corrected chi connectivity index (χ3v) is 5.31. The smallest absolute Gasteiger partial charge is 0.229 e. The van der Waals surface area contributed by atoms with Gasteiger partial charge in [0.2, 0.25) is 12.0 Å². The molecule has 11 heteroatoms. The second-order valence-corrected chi connectivity index (χ2v) is 7.44. The maximum absolute atomic E-state index is 12.6. The first kappa shape index (κ1) is 25.3. The lowest BCUT2D eigenvalue weighted by molar-refractivity contribution is -0.277. The molecule has 6 N–H and O–H groups in total. The lowest BCUT2D eigenvalue weighted by atomic mass is 9.99. The average molecular weight is 478 g/mol. The maximum Gasteiger partial charge on any atom is 0.229 e. The zero-order valence-electron chi connectivity index (χ0n) is 18.4. The van der Waals surface area contributed by atoms with Crippen LogP contribution in [0.25, 0.3) is 6.08 Å². The first-order valence-corrected chi connectivity index (χ1v) is 10.2. The number of hydrogen-bond acceptors (Lipinski definition) is 11. The molecule has 0 aliphatic carbocycles. The van der Waals surface area contributed by atoms with E-state index in [0.717, 1.165) is 6.07 Å². The Morgan fingerprint density at radius 2 is 1.62 bits per heavy atom. The van der Waals surface area contributed by atoms with Gasteiger partial charge in [-0.2, -0.15) is 0 Å². The summed E-state index contributed by atoms with van der Waals surface area (Å²) >= 11 is 0. The van der Waals surface area contributed by atoms with Gasteiger partial charge in [-0.1, -0.05) is 12.1 Å². The molecule has 0 amide bonds. The van der Waals surface area contributed by atoms with Crippen molar-refractivity contribution in [3.8, 4) is 28.7 Å². The summed E-state index contributed by atoms with van der Waals surface area (Å²) in [7, 11) is 2.97. The molecule has 0 unspecified atom stereocenters. The average Bonchev–Trinajstić information content (AvgIpc) is 2.85. The van der Waals surface area contributed by atoms with E-state index in [1.807, 2.05) is 0 Å². The van der Waals surface area contributed by atoms with Crippen LogP contribution in [0.4, 0.5) is 0 Å². The summed E-state index contributed by atoms with van der Waals surface area (Å²) in [5, 5.41) is 59.6. The third kappa shape index (κ3) is 5.08. The van der Waals surface area contributed by atoms with Crippen LogP contribution in [0.1, 0.15) is 15.9 Å². The second-order valence-electron chi connectivity index (χ2n) is 7.44.